The Balaban J connectivity index is 2.11. The summed E-state index contributed by atoms with van der Waals surface area (Å²) in [5, 5.41) is 1.05. The minimum atomic E-state index is 0.202. The molecule has 0 spiro atoms. The fourth-order valence-electron chi connectivity index (χ4n) is 2.74. The molecule has 1 saturated heterocycles. The van der Waals surface area contributed by atoms with E-state index in [1.54, 1.807) is 0 Å². The van der Waals surface area contributed by atoms with Crippen molar-refractivity contribution in [1.29, 1.82) is 0 Å². The zero-order valence-corrected chi connectivity index (χ0v) is 11.9. The lowest BCUT2D eigenvalue weighted by Gasteiger charge is -2.39. The molecule has 106 valence electrons. The minimum Gasteiger partial charge on any atom is -0.375 e. The van der Waals surface area contributed by atoms with Crippen molar-refractivity contribution in [2.75, 3.05) is 23.8 Å². The molecule has 2 atom stereocenters. The molecule has 2 heterocycles. The van der Waals surface area contributed by atoms with Crippen LogP contribution in [0.4, 0.5) is 11.8 Å². The number of hydrogen-bond acceptors (Lipinski definition) is 5. The maximum Gasteiger partial charge on any atom is 0.222 e. The van der Waals surface area contributed by atoms with Crippen LogP contribution < -0.4 is 10.6 Å². The average Bonchev–Trinajstić information content (AvgIpc) is 2.46. The highest BCUT2D eigenvalue weighted by Gasteiger charge is 2.28. The first-order valence-electron chi connectivity index (χ1n) is 7.09. The van der Waals surface area contributed by atoms with E-state index in [9.17, 15) is 0 Å². The van der Waals surface area contributed by atoms with Gasteiger partial charge in [-0.1, -0.05) is 19.1 Å². The summed E-state index contributed by atoms with van der Waals surface area (Å²) in [4.78, 5) is 11.1. The molecule has 1 aromatic carbocycles. The van der Waals surface area contributed by atoms with E-state index in [2.05, 4.69) is 34.8 Å². The number of nitrogen functional groups attached to an aromatic ring is 1. The van der Waals surface area contributed by atoms with Crippen molar-refractivity contribution in [2.45, 2.75) is 32.4 Å². The second kappa shape index (κ2) is 5.25. The maximum atomic E-state index is 5.87. The van der Waals surface area contributed by atoms with Crippen molar-refractivity contribution in [1.82, 2.24) is 9.97 Å². The number of benzene rings is 1. The molecule has 5 nitrogen and oxygen atoms in total. The van der Waals surface area contributed by atoms with Crippen LogP contribution in [-0.2, 0) is 4.74 Å². The molecule has 0 saturated carbocycles. The van der Waals surface area contributed by atoms with Crippen molar-refractivity contribution in [3.63, 3.8) is 0 Å². The van der Waals surface area contributed by atoms with Crippen LogP contribution in [0.5, 0.6) is 0 Å². The van der Waals surface area contributed by atoms with Gasteiger partial charge in [0.15, 0.2) is 0 Å². The van der Waals surface area contributed by atoms with E-state index in [1.807, 2.05) is 18.2 Å². The first-order valence-corrected chi connectivity index (χ1v) is 7.09. The number of ether oxygens (including phenoxy) is 1. The zero-order chi connectivity index (χ0) is 14.1. The predicted octanol–water partition coefficient (Wildman–Crippen LogP) is 2.22. The van der Waals surface area contributed by atoms with Crippen molar-refractivity contribution < 1.29 is 4.74 Å². The van der Waals surface area contributed by atoms with E-state index in [1.165, 1.54) is 0 Å². The van der Waals surface area contributed by atoms with E-state index in [4.69, 9.17) is 10.5 Å². The Morgan fingerprint density at radius 1 is 1.35 bits per heavy atom. The van der Waals surface area contributed by atoms with Gasteiger partial charge < -0.3 is 15.4 Å². The summed E-state index contributed by atoms with van der Waals surface area (Å²) < 4.78 is 5.76. The van der Waals surface area contributed by atoms with Gasteiger partial charge in [-0.15, -0.1) is 0 Å². The Hall–Kier alpha value is -1.88. The van der Waals surface area contributed by atoms with Crippen LogP contribution in [0, 0.1) is 0 Å². The third-order valence-corrected chi connectivity index (χ3v) is 3.81. The molecular formula is C15H20N4O. The van der Waals surface area contributed by atoms with Crippen molar-refractivity contribution in [2.24, 2.45) is 0 Å². The van der Waals surface area contributed by atoms with E-state index in [-0.39, 0.29) is 6.10 Å². The lowest BCUT2D eigenvalue weighted by molar-refractivity contribution is 0.0297. The highest BCUT2D eigenvalue weighted by Crippen LogP contribution is 2.29. The van der Waals surface area contributed by atoms with Crippen LogP contribution in [-0.4, -0.2) is 35.3 Å². The van der Waals surface area contributed by atoms with Gasteiger partial charge in [-0.3, -0.25) is 0 Å². The second-order valence-electron chi connectivity index (χ2n) is 5.28. The van der Waals surface area contributed by atoms with Crippen molar-refractivity contribution >= 4 is 22.7 Å². The fraction of sp³-hybridized carbons (Fsp3) is 0.467. The number of hydrogen-bond donors (Lipinski definition) is 1. The largest absolute Gasteiger partial charge is 0.375 e. The zero-order valence-electron chi connectivity index (χ0n) is 11.9. The topological polar surface area (TPSA) is 64.3 Å². The van der Waals surface area contributed by atoms with Gasteiger partial charge in [0.05, 0.1) is 24.3 Å². The summed E-state index contributed by atoms with van der Waals surface area (Å²) >= 11 is 0. The molecule has 2 unspecified atom stereocenters. The summed E-state index contributed by atoms with van der Waals surface area (Å²) in [5.41, 5.74) is 6.77. The number of para-hydroxylation sites is 1. The minimum absolute atomic E-state index is 0.202. The Kier molecular flexibility index (Phi) is 3.44. The summed E-state index contributed by atoms with van der Waals surface area (Å²) in [6.45, 7) is 5.82. The number of nitrogens with zero attached hydrogens (tertiary/aromatic N) is 3. The predicted molar refractivity (Wildman–Crippen MR) is 80.8 cm³/mol. The number of nitrogens with two attached hydrogens (primary N) is 1. The normalized spacial score (nSPS) is 23.2. The van der Waals surface area contributed by atoms with Crippen LogP contribution in [0.15, 0.2) is 24.3 Å². The average molecular weight is 272 g/mol. The van der Waals surface area contributed by atoms with Crippen LogP contribution in [0.3, 0.4) is 0 Å². The molecule has 0 radical (unpaired) electrons. The van der Waals surface area contributed by atoms with Gasteiger partial charge in [-0.05, 0) is 25.5 Å². The highest BCUT2D eigenvalue weighted by atomic mass is 16.5. The number of fused-ring (bicyclic) bond motifs is 1. The lowest BCUT2D eigenvalue weighted by atomic mass is 10.1. The fourth-order valence-corrected chi connectivity index (χ4v) is 2.74. The maximum absolute atomic E-state index is 5.87. The molecule has 20 heavy (non-hydrogen) atoms. The summed E-state index contributed by atoms with van der Waals surface area (Å²) in [6.07, 6.45) is 1.22. The molecule has 3 rings (SSSR count). The number of morpholine rings is 1. The summed E-state index contributed by atoms with van der Waals surface area (Å²) in [7, 11) is 0. The molecule has 1 aromatic heterocycles. The van der Waals surface area contributed by atoms with Gasteiger partial charge in [-0.2, -0.15) is 4.98 Å². The third kappa shape index (κ3) is 2.29. The molecule has 0 bridgehead atoms. The van der Waals surface area contributed by atoms with Crippen LogP contribution in [0.2, 0.25) is 0 Å². The molecular weight excluding hydrogens is 252 g/mol. The van der Waals surface area contributed by atoms with Gasteiger partial charge in [0.25, 0.3) is 0 Å². The molecule has 1 fully saturated rings. The molecule has 2 N–H and O–H groups in total. The molecule has 2 aromatic rings. The van der Waals surface area contributed by atoms with Gasteiger partial charge in [0.2, 0.25) is 5.95 Å². The Labute approximate surface area is 118 Å². The molecule has 0 amide bonds. The summed E-state index contributed by atoms with van der Waals surface area (Å²) in [5.74, 6) is 1.25. The first-order chi connectivity index (χ1) is 9.69. The number of rotatable bonds is 2. The quantitative estimate of drug-likeness (QED) is 0.908. The Morgan fingerprint density at radius 2 is 2.15 bits per heavy atom. The molecule has 1 aliphatic rings. The Bertz CT molecular complexity index is 616. The Morgan fingerprint density at radius 3 is 2.95 bits per heavy atom. The summed E-state index contributed by atoms with van der Waals surface area (Å²) in [6, 6.07) is 8.34. The van der Waals surface area contributed by atoms with E-state index >= 15 is 0 Å². The number of anilines is 2. The van der Waals surface area contributed by atoms with Crippen LogP contribution in [0.25, 0.3) is 10.9 Å². The van der Waals surface area contributed by atoms with E-state index in [0.29, 0.717) is 12.0 Å². The van der Waals surface area contributed by atoms with Crippen LogP contribution in [0.1, 0.15) is 20.3 Å². The standard InChI is InChI=1S/C15H20N4O/c1-3-11-9-20-10(2)8-19(11)14-12-6-4-5-7-13(12)17-15(16)18-14/h4-7,10-11H,3,8-9H2,1-2H3,(H2,16,17,18). The van der Waals surface area contributed by atoms with Gasteiger partial charge in [0, 0.05) is 11.9 Å². The highest BCUT2D eigenvalue weighted by molar-refractivity contribution is 5.90. The van der Waals surface area contributed by atoms with Gasteiger partial charge in [0.1, 0.15) is 5.82 Å². The van der Waals surface area contributed by atoms with Crippen LogP contribution >= 0.6 is 0 Å². The lowest BCUT2D eigenvalue weighted by Crippen LogP contribution is -2.49. The molecule has 0 aliphatic carbocycles. The first kappa shape index (κ1) is 13.1. The van der Waals surface area contributed by atoms with Gasteiger partial charge in [-0.25, -0.2) is 4.98 Å². The smallest absolute Gasteiger partial charge is 0.222 e. The van der Waals surface area contributed by atoms with Crippen molar-refractivity contribution in [3.05, 3.63) is 24.3 Å². The van der Waals surface area contributed by atoms with E-state index in [0.717, 1.165) is 36.3 Å². The van der Waals surface area contributed by atoms with Gasteiger partial charge >= 0.3 is 0 Å². The third-order valence-electron chi connectivity index (χ3n) is 3.81. The number of aromatic nitrogens is 2. The van der Waals surface area contributed by atoms with Crippen molar-refractivity contribution in [3.8, 4) is 0 Å². The SMILES string of the molecule is CCC1COC(C)CN1c1nc(N)nc2ccccc12. The molecule has 1 aliphatic heterocycles. The monoisotopic (exact) mass is 272 g/mol. The van der Waals surface area contributed by atoms with E-state index < -0.39 is 0 Å². The second-order valence-corrected chi connectivity index (χ2v) is 5.28. The molecule has 5 heteroatoms.